The smallest absolute Gasteiger partial charge is 0.412 e. The molecule has 0 saturated carbocycles. The standard InChI is InChI=1S/C13H21N3O3/c1-9(2)7-18-8-10(3)19-13(17)16-12-5-14-11(4)15-6-12/h5-6,9-10H,7-8H2,1-4H3,(H,16,17). The van der Waals surface area contributed by atoms with Crippen molar-refractivity contribution in [3.8, 4) is 0 Å². The van der Waals surface area contributed by atoms with Gasteiger partial charge in [0.25, 0.3) is 0 Å². The van der Waals surface area contributed by atoms with Gasteiger partial charge in [-0.25, -0.2) is 14.8 Å². The minimum atomic E-state index is -0.534. The van der Waals surface area contributed by atoms with Gasteiger partial charge in [0.05, 0.1) is 24.7 Å². The van der Waals surface area contributed by atoms with Crippen LogP contribution in [0, 0.1) is 12.8 Å². The molecular weight excluding hydrogens is 246 g/mol. The highest BCUT2D eigenvalue weighted by Crippen LogP contribution is 2.04. The molecule has 19 heavy (non-hydrogen) atoms. The van der Waals surface area contributed by atoms with Gasteiger partial charge in [-0.3, -0.25) is 5.32 Å². The first-order valence-corrected chi connectivity index (χ1v) is 6.31. The van der Waals surface area contributed by atoms with E-state index in [1.807, 2.05) is 0 Å². The van der Waals surface area contributed by atoms with Crippen LogP contribution in [0.4, 0.5) is 10.5 Å². The molecule has 1 N–H and O–H groups in total. The zero-order valence-electron chi connectivity index (χ0n) is 11.8. The van der Waals surface area contributed by atoms with E-state index in [0.29, 0.717) is 30.6 Å². The Hall–Kier alpha value is -1.69. The number of amides is 1. The van der Waals surface area contributed by atoms with Gasteiger partial charge in [0.15, 0.2) is 0 Å². The lowest BCUT2D eigenvalue weighted by atomic mass is 10.2. The van der Waals surface area contributed by atoms with Gasteiger partial charge in [0.2, 0.25) is 0 Å². The van der Waals surface area contributed by atoms with Crippen LogP contribution >= 0.6 is 0 Å². The molecule has 0 aliphatic rings. The minimum absolute atomic E-state index is 0.301. The first-order valence-electron chi connectivity index (χ1n) is 6.31. The molecule has 0 radical (unpaired) electrons. The van der Waals surface area contributed by atoms with Crippen molar-refractivity contribution in [2.24, 2.45) is 5.92 Å². The summed E-state index contributed by atoms with van der Waals surface area (Å²) in [6.07, 6.45) is 2.23. The van der Waals surface area contributed by atoms with Crippen molar-refractivity contribution in [2.75, 3.05) is 18.5 Å². The Morgan fingerprint density at radius 3 is 2.47 bits per heavy atom. The maximum atomic E-state index is 11.6. The third kappa shape index (κ3) is 6.71. The molecule has 0 aliphatic carbocycles. The lowest BCUT2D eigenvalue weighted by Crippen LogP contribution is -2.24. The van der Waals surface area contributed by atoms with E-state index in [9.17, 15) is 4.79 Å². The number of hydrogen-bond acceptors (Lipinski definition) is 5. The molecule has 106 valence electrons. The number of carbonyl (C=O) groups is 1. The van der Waals surface area contributed by atoms with Gasteiger partial charge in [-0.1, -0.05) is 13.8 Å². The van der Waals surface area contributed by atoms with Crippen LogP contribution in [0.3, 0.4) is 0 Å². The molecule has 6 nitrogen and oxygen atoms in total. The van der Waals surface area contributed by atoms with Crippen LogP contribution in [0.1, 0.15) is 26.6 Å². The number of nitrogens with one attached hydrogen (secondary N) is 1. The van der Waals surface area contributed by atoms with E-state index >= 15 is 0 Å². The van der Waals surface area contributed by atoms with E-state index in [4.69, 9.17) is 9.47 Å². The minimum Gasteiger partial charge on any atom is -0.444 e. The molecule has 0 bridgehead atoms. The highest BCUT2D eigenvalue weighted by Gasteiger charge is 2.10. The highest BCUT2D eigenvalue weighted by molar-refractivity contribution is 5.84. The highest BCUT2D eigenvalue weighted by atomic mass is 16.6. The summed E-state index contributed by atoms with van der Waals surface area (Å²) in [5, 5.41) is 2.56. The number of ether oxygens (including phenoxy) is 2. The Balaban J connectivity index is 2.28. The SMILES string of the molecule is Cc1ncc(NC(=O)OC(C)COCC(C)C)cn1. The summed E-state index contributed by atoms with van der Waals surface area (Å²) in [5.41, 5.74) is 0.505. The first kappa shape index (κ1) is 15.4. The Kier molecular flexibility index (Phi) is 6.21. The maximum absolute atomic E-state index is 11.6. The van der Waals surface area contributed by atoms with Crippen LogP contribution in [0.25, 0.3) is 0 Å². The van der Waals surface area contributed by atoms with Crippen LogP contribution in [0.5, 0.6) is 0 Å². The second-order valence-electron chi connectivity index (χ2n) is 4.79. The van der Waals surface area contributed by atoms with Gasteiger partial charge in [-0.2, -0.15) is 0 Å². The lowest BCUT2D eigenvalue weighted by molar-refractivity contribution is 0.0245. The second-order valence-corrected chi connectivity index (χ2v) is 4.79. The first-order chi connectivity index (χ1) is 8.97. The largest absolute Gasteiger partial charge is 0.444 e. The summed E-state index contributed by atoms with van der Waals surface area (Å²) in [4.78, 5) is 19.5. The fourth-order valence-corrected chi connectivity index (χ4v) is 1.29. The summed E-state index contributed by atoms with van der Waals surface area (Å²) < 4.78 is 10.5. The summed E-state index contributed by atoms with van der Waals surface area (Å²) in [5.74, 6) is 1.11. The molecule has 1 aromatic rings. The Morgan fingerprint density at radius 2 is 1.89 bits per heavy atom. The molecule has 1 rings (SSSR count). The molecule has 0 spiro atoms. The quantitative estimate of drug-likeness (QED) is 0.856. The monoisotopic (exact) mass is 267 g/mol. The fourth-order valence-electron chi connectivity index (χ4n) is 1.29. The topological polar surface area (TPSA) is 73.3 Å². The van der Waals surface area contributed by atoms with E-state index in [0.717, 1.165) is 0 Å². The van der Waals surface area contributed by atoms with Crippen molar-refractivity contribution >= 4 is 11.8 Å². The van der Waals surface area contributed by atoms with Gasteiger partial charge in [0.1, 0.15) is 11.9 Å². The number of aromatic nitrogens is 2. The average molecular weight is 267 g/mol. The number of aryl methyl sites for hydroxylation is 1. The Labute approximate surface area is 113 Å². The third-order valence-corrected chi connectivity index (χ3v) is 2.14. The Morgan fingerprint density at radius 1 is 1.26 bits per heavy atom. The van der Waals surface area contributed by atoms with Gasteiger partial charge < -0.3 is 9.47 Å². The molecule has 1 amide bonds. The summed E-state index contributed by atoms with van der Waals surface area (Å²) in [6.45, 7) is 8.73. The molecule has 0 saturated heterocycles. The van der Waals surface area contributed by atoms with E-state index in [1.165, 1.54) is 12.4 Å². The molecular formula is C13H21N3O3. The van der Waals surface area contributed by atoms with Crippen LogP contribution in [0.2, 0.25) is 0 Å². The van der Waals surface area contributed by atoms with Crippen LogP contribution in [0.15, 0.2) is 12.4 Å². The van der Waals surface area contributed by atoms with Crippen LogP contribution in [-0.4, -0.2) is 35.4 Å². The normalized spacial score (nSPS) is 12.3. The van der Waals surface area contributed by atoms with Gasteiger partial charge in [-0.15, -0.1) is 0 Å². The molecule has 1 atom stereocenters. The zero-order chi connectivity index (χ0) is 14.3. The summed E-state index contributed by atoms with van der Waals surface area (Å²) in [7, 11) is 0. The maximum Gasteiger partial charge on any atom is 0.412 e. The zero-order valence-corrected chi connectivity index (χ0v) is 11.8. The van der Waals surface area contributed by atoms with Crippen molar-refractivity contribution in [2.45, 2.75) is 33.8 Å². The Bertz CT molecular complexity index is 393. The van der Waals surface area contributed by atoms with Crippen LogP contribution in [-0.2, 0) is 9.47 Å². The summed E-state index contributed by atoms with van der Waals surface area (Å²) >= 11 is 0. The van der Waals surface area contributed by atoms with Crippen molar-refractivity contribution in [1.29, 1.82) is 0 Å². The van der Waals surface area contributed by atoms with Crippen molar-refractivity contribution < 1.29 is 14.3 Å². The van der Waals surface area contributed by atoms with E-state index in [1.54, 1.807) is 13.8 Å². The molecule has 6 heteroatoms. The van der Waals surface area contributed by atoms with Crippen molar-refractivity contribution in [3.05, 3.63) is 18.2 Å². The fraction of sp³-hybridized carbons (Fsp3) is 0.615. The molecule has 0 fully saturated rings. The predicted octanol–water partition coefficient (Wildman–Crippen LogP) is 2.39. The van der Waals surface area contributed by atoms with Crippen molar-refractivity contribution in [3.63, 3.8) is 0 Å². The van der Waals surface area contributed by atoms with E-state index < -0.39 is 6.09 Å². The van der Waals surface area contributed by atoms with Gasteiger partial charge in [0, 0.05) is 6.61 Å². The number of nitrogens with zero attached hydrogens (tertiary/aromatic N) is 2. The molecule has 0 aromatic carbocycles. The summed E-state index contributed by atoms with van der Waals surface area (Å²) in [6, 6.07) is 0. The van der Waals surface area contributed by atoms with Crippen molar-refractivity contribution in [1.82, 2.24) is 9.97 Å². The van der Waals surface area contributed by atoms with E-state index in [-0.39, 0.29) is 6.10 Å². The molecule has 0 aliphatic heterocycles. The lowest BCUT2D eigenvalue weighted by Gasteiger charge is -2.14. The molecule has 1 aromatic heterocycles. The molecule has 1 unspecified atom stereocenters. The number of anilines is 1. The predicted molar refractivity (Wildman–Crippen MR) is 72.0 cm³/mol. The third-order valence-electron chi connectivity index (χ3n) is 2.14. The van der Waals surface area contributed by atoms with Crippen LogP contribution < -0.4 is 5.32 Å². The number of rotatable bonds is 6. The van der Waals surface area contributed by atoms with Gasteiger partial charge in [-0.05, 0) is 19.8 Å². The molecule has 1 heterocycles. The second kappa shape index (κ2) is 7.68. The average Bonchev–Trinajstić information content (AvgIpc) is 2.31. The van der Waals surface area contributed by atoms with Gasteiger partial charge >= 0.3 is 6.09 Å². The number of hydrogen-bond donors (Lipinski definition) is 1. The number of carbonyl (C=O) groups excluding carboxylic acids is 1. The van der Waals surface area contributed by atoms with E-state index in [2.05, 4.69) is 29.1 Å².